The van der Waals surface area contributed by atoms with Crippen LogP contribution in [0.25, 0.3) is 0 Å². The Morgan fingerprint density at radius 3 is 2.63 bits per heavy atom. The number of para-hydroxylation sites is 2. The summed E-state index contributed by atoms with van der Waals surface area (Å²) in [6.45, 7) is 2.27. The second-order valence-corrected chi connectivity index (χ2v) is 4.17. The highest BCUT2D eigenvalue weighted by molar-refractivity contribution is 5.39. The molecule has 1 rings (SSSR count). The van der Waals surface area contributed by atoms with Crippen molar-refractivity contribution in [2.24, 2.45) is 0 Å². The van der Waals surface area contributed by atoms with E-state index in [0.29, 0.717) is 18.0 Å². The molecule has 1 aromatic carbocycles. The van der Waals surface area contributed by atoms with E-state index in [1.165, 1.54) is 0 Å². The van der Waals surface area contributed by atoms with E-state index >= 15 is 0 Å². The minimum atomic E-state index is -0.549. The summed E-state index contributed by atoms with van der Waals surface area (Å²) >= 11 is 0. The Labute approximate surface area is 114 Å². The van der Waals surface area contributed by atoms with Gasteiger partial charge < -0.3 is 24.6 Å². The predicted molar refractivity (Wildman–Crippen MR) is 73.9 cm³/mol. The van der Waals surface area contributed by atoms with Crippen LogP contribution < -0.4 is 14.8 Å². The van der Waals surface area contributed by atoms with Gasteiger partial charge in [0, 0.05) is 20.3 Å². The fraction of sp³-hybridized carbons (Fsp3) is 0.571. The first-order valence-corrected chi connectivity index (χ1v) is 6.41. The lowest BCUT2D eigenvalue weighted by Gasteiger charge is -2.14. The van der Waals surface area contributed by atoms with Crippen LogP contribution in [0.4, 0.5) is 0 Å². The topological polar surface area (TPSA) is 60.0 Å². The first-order chi connectivity index (χ1) is 9.27. The number of methoxy groups -OCH3 is 2. The van der Waals surface area contributed by atoms with E-state index in [9.17, 15) is 5.11 Å². The lowest BCUT2D eigenvalue weighted by molar-refractivity contribution is 0.104. The zero-order valence-corrected chi connectivity index (χ0v) is 11.6. The molecule has 0 aromatic heterocycles. The van der Waals surface area contributed by atoms with Crippen molar-refractivity contribution in [3.63, 3.8) is 0 Å². The van der Waals surface area contributed by atoms with Crippen LogP contribution in [0, 0.1) is 0 Å². The third-order valence-electron chi connectivity index (χ3n) is 2.58. The summed E-state index contributed by atoms with van der Waals surface area (Å²) in [6.07, 6.45) is 0.379. The molecular formula is C14H23NO4. The molecule has 0 heterocycles. The number of hydrogen-bond donors (Lipinski definition) is 2. The molecule has 108 valence electrons. The number of benzene rings is 1. The van der Waals surface area contributed by atoms with Gasteiger partial charge in [-0.15, -0.1) is 0 Å². The fourth-order valence-electron chi connectivity index (χ4n) is 1.59. The van der Waals surface area contributed by atoms with E-state index in [2.05, 4.69) is 5.32 Å². The molecule has 0 spiro atoms. The van der Waals surface area contributed by atoms with Gasteiger partial charge in [-0.1, -0.05) is 12.1 Å². The zero-order chi connectivity index (χ0) is 13.9. The molecule has 0 aliphatic carbocycles. The van der Waals surface area contributed by atoms with Crippen molar-refractivity contribution in [2.45, 2.75) is 12.5 Å². The Morgan fingerprint density at radius 2 is 1.95 bits per heavy atom. The lowest BCUT2D eigenvalue weighted by Crippen LogP contribution is -2.32. The molecule has 0 saturated carbocycles. The number of aliphatic hydroxyl groups excluding tert-OH is 1. The van der Waals surface area contributed by atoms with Crippen molar-refractivity contribution in [3.05, 3.63) is 24.3 Å². The number of nitrogens with one attached hydrogen (secondary N) is 1. The smallest absolute Gasteiger partial charge is 0.161 e. The summed E-state index contributed by atoms with van der Waals surface area (Å²) in [5, 5.41) is 12.9. The number of aliphatic hydroxyl groups is 1. The monoisotopic (exact) mass is 269 g/mol. The van der Waals surface area contributed by atoms with Crippen molar-refractivity contribution in [1.29, 1.82) is 0 Å². The van der Waals surface area contributed by atoms with Gasteiger partial charge in [-0.2, -0.15) is 0 Å². The van der Waals surface area contributed by atoms with Crippen LogP contribution >= 0.6 is 0 Å². The summed E-state index contributed by atoms with van der Waals surface area (Å²) in [5.41, 5.74) is 0. The zero-order valence-electron chi connectivity index (χ0n) is 11.6. The fourth-order valence-corrected chi connectivity index (χ4v) is 1.59. The number of ether oxygens (including phenoxy) is 3. The van der Waals surface area contributed by atoms with Crippen molar-refractivity contribution >= 4 is 0 Å². The maximum absolute atomic E-state index is 9.77. The van der Waals surface area contributed by atoms with Gasteiger partial charge in [0.1, 0.15) is 12.7 Å². The van der Waals surface area contributed by atoms with Crippen LogP contribution in [0.2, 0.25) is 0 Å². The highest BCUT2D eigenvalue weighted by Gasteiger charge is 2.07. The Hall–Kier alpha value is -1.30. The van der Waals surface area contributed by atoms with Gasteiger partial charge in [0.25, 0.3) is 0 Å². The van der Waals surface area contributed by atoms with Gasteiger partial charge in [0.15, 0.2) is 11.5 Å². The largest absolute Gasteiger partial charge is 0.493 e. The van der Waals surface area contributed by atoms with E-state index in [1.807, 2.05) is 24.3 Å². The molecule has 0 aliphatic rings. The first kappa shape index (κ1) is 15.8. The second kappa shape index (κ2) is 9.61. The minimum absolute atomic E-state index is 0.234. The summed E-state index contributed by atoms with van der Waals surface area (Å²) < 4.78 is 15.6. The molecule has 19 heavy (non-hydrogen) atoms. The molecule has 1 aromatic rings. The van der Waals surface area contributed by atoms with Crippen LogP contribution in [0.1, 0.15) is 6.42 Å². The first-order valence-electron chi connectivity index (χ1n) is 6.41. The summed E-state index contributed by atoms with van der Waals surface area (Å²) in [4.78, 5) is 0. The highest BCUT2D eigenvalue weighted by atomic mass is 16.5. The van der Waals surface area contributed by atoms with Gasteiger partial charge >= 0.3 is 0 Å². The van der Waals surface area contributed by atoms with Crippen molar-refractivity contribution in [1.82, 2.24) is 5.32 Å². The molecule has 5 nitrogen and oxygen atoms in total. The average molecular weight is 269 g/mol. The predicted octanol–water partition coefficient (Wildman–Crippen LogP) is 1.06. The number of hydrogen-bond acceptors (Lipinski definition) is 5. The maximum atomic E-state index is 9.77. The molecule has 2 N–H and O–H groups in total. The molecule has 0 fully saturated rings. The van der Waals surface area contributed by atoms with Gasteiger partial charge in [0.05, 0.1) is 7.11 Å². The molecular weight excluding hydrogens is 246 g/mol. The summed E-state index contributed by atoms with van der Waals surface area (Å²) in [5.74, 6) is 1.31. The van der Waals surface area contributed by atoms with E-state index in [1.54, 1.807) is 14.2 Å². The molecule has 5 heteroatoms. The summed E-state index contributed by atoms with van der Waals surface area (Å²) in [7, 11) is 3.27. The molecule has 0 radical (unpaired) electrons. The van der Waals surface area contributed by atoms with Gasteiger partial charge in [-0.25, -0.2) is 0 Å². The van der Waals surface area contributed by atoms with Crippen LogP contribution in [0.15, 0.2) is 24.3 Å². The molecule has 0 bridgehead atoms. The van der Waals surface area contributed by atoms with E-state index in [0.717, 1.165) is 19.6 Å². The van der Waals surface area contributed by atoms with Gasteiger partial charge in [0.2, 0.25) is 0 Å². The third kappa shape index (κ3) is 6.42. The van der Waals surface area contributed by atoms with Gasteiger partial charge in [-0.3, -0.25) is 0 Å². The van der Waals surface area contributed by atoms with E-state index in [-0.39, 0.29) is 6.61 Å². The minimum Gasteiger partial charge on any atom is -0.493 e. The molecule has 1 atom stereocenters. The van der Waals surface area contributed by atoms with E-state index < -0.39 is 6.10 Å². The van der Waals surface area contributed by atoms with Crippen LogP contribution in [-0.2, 0) is 4.74 Å². The highest BCUT2D eigenvalue weighted by Crippen LogP contribution is 2.25. The third-order valence-corrected chi connectivity index (χ3v) is 2.58. The summed E-state index contributed by atoms with van der Waals surface area (Å²) in [6, 6.07) is 7.38. The van der Waals surface area contributed by atoms with Crippen LogP contribution in [0.5, 0.6) is 11.5 Å². The van der Waals surface area contributed by atoms with Crippen LogP contribution in [-0.4, -0.2) is 51.7 Å². The Bertz CT molecular complexity index is 346. The van der Waals surface area contributed by atoms with Crippen molar-refractivity contribution in [3.8, 4) is 11.5 Å². The Morgan fingerprint density at radius 1 is 1.21 bits per heavy atom. The lowest BCUT2D eigenvalue weighted by atomic mass is 10.3. The quantitative estimate of drug-likeness (QED) is 0.622. The molecule has 0 aliphatic heterocycles. The van der Waals surface area contributed by atoms with Crippen molar-refractivity contribution in [2.75, 3.05) is 40.5 Å². The van der Waals surface area contributed by atoms with Gasteiger partial charge in [-0.05, 0) is 25.1 Å². The normalized spacial score (nSPS) is 12.2. The Balaban J connectivity index is 2.20. The second-order valence-electron chi connectivity index (χ2n) is 4.17. The Kier molecular flexibility index (Phi) is 7.97. The van der Waals surface area contributed by atoms with E-state index in [4.69, 9.17) is 14.2 Å². The number of rotatable bonds is 10. The SMILES string of the molecule is COCCCNCC(O)COc1ccccc1OC. The molecule has 1 unspecified atom stereocenters. The molecule has 0 amide bonds. The standard InChI is InChI=1S/C14H23NO4/c1-17-9-5-8-15-10-12(16)11-19-14-7-4-3-6-13(14)18-2/h3-4,6-7,12,15-16H,5,8-11H2,1-2H3. The van der Waals surface area contributed by atoms with Crippen molar-refractivity contribution < 1.29 is 19.3 Å². The molecule has 0 saturated heterocycles. The maximum Gasteiger partial charge on any atom is 0.161 e. The van der Waals surface area contributed by atoms with Crippen LogP contribution in [0.3, 0.4) is 0 Å². The average Bonchev–Trinajstić information content (AvgIpc) is 2.45.